The number of carbonyl (C=O) groups is 1. The number of amides is 1. The van der Waals surface area contributed by atoms with Crippen molar-refractivity contribution in [3.05, 3.63) is 66.2 Å². The molecule has 0 radical (unpaired) electrons. The number of aromatic nitrogens is 1. The highest BCUT2D eigenvalue weighted by atomic mass is 32.2. The molecule has 1 amide bonds. The van der Waals surface area contributed by atoms with Gasteiger partial charge in [0.15, 0.2) is 5.13 Å². The number of benzene rings is 3. The molecule has 0 unspecified atom stereocenters. The number of sulfonamides is 1. The van der Waals surface area contributed by atoms with Crippen LogP contribution in [-0.4, -0.2) is 36.7 Å². The topological polar surface area (TPSA) is 127 Å². The first kappa shape index (κ1) is 23.3. The molecule has 10 heteroatoms. The van der Waals surface area contributed by atoms with Crippen molar-refractivity contribution in [3.63, 3.8) is 0 Å². The molecule has 3 aromatic carbocycles. The monoisotopic (exact) mass is 489 g/mol. The van der Waals surface area contributed by atoms with Gasteiger partial charge in [-0.1, -0.05) is 41.7 Å². The Morgan fingerprint density at radius 1 is 0.971 bits per heavy atom. The van der Waals surface area contributed by atoms with Crippen LogP contribution in [0.3, 0.4) is 0 Å². The minimum Gasteiger partial charge on any atom is -0.298 e. The van der Waals surface area contributed by atoms with E-state index in [4.69, 9.17) is 10.5 Å². The number of rotatable bonds is 8. The fraction of sp³-hybridized carbons (Fsp3) is 0.167. The van der Waals surface area contributed by atoms with Crippen LogP contribution >= 0.6 is 11.3 Å². The number of fused-ring (bicyclic) bond motifs is 3. The number of nitriles is 2. The maximum atomic E-state index is 12.9. The van der Waals surface area contributed by atoms with Gasteiger partial charge in [0, 0.05) is 36.9 Å². The fourth-order valence-corrected chi connectivity index (χ4v) is 5.94. The molecule has 1 heterocycles. The second kappa shape index (κ2) is 9.98. The van der Waals surface area contributed by atoms with Gasteiger partial charge in [0.2, 0.25) is 10.0 Å². The molecular weight excluding hydrogens is 470 g/mol. The SMILES string of the molecule is N#CCCN(CCC#N)S(=O)(=O)c1ccc(C(=O)Nc2nc3ccc4ccccc4c3s2)cc1. The average molecular weight is 490 g/mol. The second-order valence-electron chi connectivity index (χ2n) is 7.35. The molecule has 34 heavy (non-hydrogen) atoms. The van der Waals surface area contributed by atoms with E-state index in [2.05, 4.69) is 10.3 Å². The number of carbonyl (C=O) groups excluding carboxylic acids is 1. The molecule has 0 aliphatic heterocycles. The van der Waals surface area contributed by atoms with Crippen molar-refractivity contribution >= 4 is 53.4 Å². The van der Waals surface area contributed by atoms with Crippen molar-refractivity contribution in [1.29, 1.82) is 10.5 Å². The van der Waals surface area contributed by atoms with Crippen LogP contribution in [0.5, 0.6) is 0 Å². The third kappa shape index (κ3) is 4.75. The van der Waals surface area contributed by atoms with Gasteiger partial charge in [0.1, 0.15) is 0 Å². The molecule has 0 aliphatic carbocycles. The Balaban J connectivity index is 1.53. The standard InChI is InChI=1S/C24H19N5O3S2/c25-13-3-15-29(16-4-14-26)34(31,32)19-10-7-18(8-11-19)23(30)28-24-27-21-12-9-17-5-1-2-6-20(17)22(21)33-24/h1-2,5-12H,3-4,15-16H2,(H,27,28,30). The van der Waals surface area contributed by atoms with Gasteiger partial charge in [-0.2, -0.15) is 14.8 Å². The van der Waals surface area contributed by atoms with E-state index in [1.807, 2.05) is 48.5 Å². The first-order chi connectivity index (χ1) is 16.4. The van der Waals surface area contributed by atoms with Crippen LogP contribution in [0.1, 0.15) is 23.2 Å². The lowest BCUT2D eigenvalue weighted by atomic mass is 10.1. The normalized spacial score (nSPS) is 11.4. The van der Waals surface area contributed by atoms with Crippen LogP contribution in [0.15, 0.2) is 65.6 Å². The highest BCUT2D eigenvalue weighted by molar-refractivity contribution is 7.89. The summed E-state index contributed by atoms with van der Waals surface area (Å²) < 4.78 is 27.9. The fourth-order valence-electron chi connectivity index (χ4n) is 3.51. The highest BCUT2D eigenvalue weighted by Crippen LogP contribution is 2.32. The lowest BCUT2D eigenvalue weighted by molar-refractivity contribution is 0.102. The van der Waals surface area contributed by atoms with E-state index in [1.54, 1.807) is 0 Å². The van der Waals surface area contributed by atoms with Crippen LogP contribution in [0.2, 0.25) is 0 Å². The zero-order chi connectivity index (χ0) is 24.1. The van der Waals surface area contributed by atoms with Crippen LogP contribution < -0.4 is 5.32 Å². The predicted octanol–water partition coefficient (Wildman–Crippen LogP) is 4.52. The van der Waals surface area contributed by atoms with Gasteiger partial charge in [-0.05, 0) is 35.7 Å². The Labute approximate surface area is 200 Å². The van der Waals surface area contributed by atoms with Gasteiger partial charge in [0.25, 0.3) is 5.91 Å². The molecule has 0 aliphatic rings. The number of thiazole rings is 1. The van der Waals surface area contributed by atoms with Crippen molar-refractivity contribution < 1.29 is 13.2 Å². The lowest BCUT2D eigenvalue weighted by Crippen LogP contribution is -2.32. The van der Waals surface area contributed by atoms with E-state index in [0.717, 1.165) is 25.3 Å². The summed E-state index contributed by atoms with van der Waals surface area (Å²) in [5, 5.41) is 23.0. The Hall–Kier alpha value is -3.83. The quantitative estimate of drug-likeness (QED) is 0.388. The molecule has 4 aromatic rings. The molecule has 0 fully saturated rings. The number of hydrogen-bond donors (Lipinski definition) is 1. The smallest absolute Gasteiger partial charge is 0.257 e. The van der Waals surface area contributed by atoms with Gasteiger partial charge >= 0.3 is 0 Å². The molecule has 0 saturated heterocycles. The summed E-state index contributed by atoms with van der Waals surface area (Å²) in [6.07, 6.45) is 0.0329. The molecule has 4 rings (SSSR count). The highest BCUT2D eigenvalue weighted by Gasteiger charge is 2.24. The molecule has 1 aromatic heterocycles. The number of nitrogens with zero attached hydrogens (tertiary/aromatic N) is 4. The summed E-state index contributed by atoms with van der Waals surface area (Å²) in [7, 11) is -3.90. The molecule has 1 N–H and O–H groups in total. The summed E-state index contributed by atoms with van der Waals surface area (Å²) in [6, 6.07) is 21.2. The zero-order valence-electron chi connectivity index (χ0n) is 17.9. The molecule has 0 atom stereocenters. The average Bonchev–Trinajstić information content (AvgIpc) is 3.27. The van der Waals surface area contributed by atoms with Crippen LogP contribution in [0, 0.1) is 22.7 Å². The van der Waals surface area contributed by atoms with Crippen LogP contribution in [0.4, 0.5) is 5.13 Å². The van der Waals surface area contributed by atoms with E-state index in [-0.39, 0.29) is 36.4 Å². The molecule has 0 spiro atoms. The first-order valence-electron chi connectivity index (χ1n) is 10.4. The van der Waals surface area contributed by atoms with E-state index in [9.17, 15) is 13.2 Å². The second-order valence-corrected chi connectivity index (χ2v) is 10.3. The Morgan fingerprint density at radius 3 is 2.32 bits per heavy atom. The van der Waals surface area contributed by atoms with Crippen LogP contribution in [0.25, 0.3) is 21.0 Å². The molecule has 170 valence electrons. The summed E-state index contributed by atoms with van der Waals surface area (Å²) in [6.45, 7) is -0.00984. The summed E-state index contributed by atoms with van der Waals surface area (Å²) >= 11 is 1.38. The minimum atomic E-state index is -3.90. The maximum absolute atomic E-state index is 12.9. The molecule has 0 saturated carbocycles. The van der Waals surface area contributed by atoms with Crippen molar-refractivity contribution in [2.45, 2.75) is 17.7 Å². The van der Waals surface area contributed by atoms with Crippen molar-refractivity contribution in [2.24, 2.45) is 0 Å². The van der Waals surface area contributed by atoms with Gasteiger partial charge in [0.05, 0.1) is 27.3 Å². The van der Waals surface area contributed by atoms with Gasteiger partial charge in [-0.25, -0.2) is 13.4 Å². The van der Waals surface area contributed by atoms with E-state index in [0.29, 0.717) is 5.13 Å². The summed E-state index contributed by atoms with van der Waals surface area (Å²) in [5.74, 6) is -0.405. The maximum Gasteiger partial charge on any atom is 0.257 e. The predicted molar refractivity (Wildman–Crippen MR) is 131 cm³/mol. The van der Waals surface area contributed by atoms with Crippen LogP contribution in [-0.2, 0) is 10.0 Å². The Kier molecular flexibility index (Phi) is 6.85. The summed E-state index contributed by atoms with van der Waals surface area (Å²) in [4.78, 5) is 17.2. The number of nitrogens with one attached hydrogen (secondary N) is 1. The minimum absolute atomic E-state index is 0.00492. The van der Waals surface area contributed by atoms with E-state index in [1.165, 1.54) is 35.6 Å². The lowest BCUT2D eigenvalue weighted by Gasteiger charge is -2.20. The largest absolute Gasteiger partial charge is 0.298 e. The molecular formula is C24H19N5O3S2. The van der Waals surface area contributed by atoms with Crippen molar-refractivity contribution in [1.82, 2.24) is 9.29 Å². The summed E-state index contributed by atoms with van der Waals surface area (Å²) in [5.41, 5.74) is 1.07. The van der Waals surface area contributed by atoms with E-state index < -0.39 is 15.9 Å². The Bertz CT molecular complexity index is 1530. The first-order valence-corrected chi connectivity index (χ1v) is 12.6. The zero-order valence-corrected chi connectivity index (χ0v) is 19.6. The third-order valence-corrected chi connectivity index (χ3v) is 8.13. The number of anilines is 1. The van der Waals surface area contributed by atoms with Gasteiger partial charge in [-0.15, -0.1) is 0 Å². The molecule has 0 bridgehead atoms. The van der Waals surface area contributed by atoms with E-state index >= 15 is 0 Å². The Morgan fingerprint density at radius 2 is 1.65 bits per heavy atom. The van der Waals surface area contributed by atoms with Gasteiger partial charge in [-0.3, -0.25) is 10.1 Å². The third-order valence-electron chi connectivity index (χ3n) is 5.20. The van der Waals surface area contributed by atoms with Crippen molar-refractivity contribution in [3.8, 4) is 12.1 Å². The van der Waals surface area contributed by atoms with Gasteiger partial charge < -0.3 is 0 Å². The number of hydrogen-bond acceptors (Lipinski definition) is 7. The molecule has 8 nitrogen and oxygen atoms in total. The van der Waals surface area contributed by atoms with Crippen molar-refractivity contribution in [2.75, 3.05) is 18.4 Å².